The van der Waals surface area contributed by atoms with Crippen LogP contribution in [0.25, 0.3) is 0 Å². The number of carbonyl (C=O) groups is 1. The molecule has 84 valence electrons. The van der Waals surface area contributed by atoms with Gasteiger partial charge < -0.3 is 10.0 Å². The fourth-order valence-corrected chi connectivity index (χ4v) is 1.38. The summed E-state index contributed by atoms with van der Waals surface area (Å²) >= 11 is 0. The summed E-state index contributed by atoms with van der Waals surface area (Å²) in [5.74, 6) is -0.145. The van der Waals surface area contributed by atoms with Crippen molar-refractivity contribution in [2.45, 2.75) is 6.42 Å². The lowest BCUT2D eigenvalue weighted by Gasteiger charge is -2.15. The first-order valence-electron chi connectivity index (χ1n) is 5.01. The molecule has 4 nitrogen and oxygen atoms in total. The van der Waals surface area contributed by atoms with E-state index in [2.05, 4.69) is 0 Å². The second-order valence-electron chi connectivity index (χ2n) is 3.49. The van der Waals surface area contributed by atoms with Gasteiger partial charge in [0, 0.05) is 19.2 Å². The lowest BCUT2D eigenvalue weighted by atomic mass is 10.1. The van der Waals surface area contributed by atoms with E-state index in [0.717, 1.165) is 5.56 Å². The highest BCUT2D eigenvalue weighted by atomic mass is 16.3. The number of aliphatic hydroxyl groups excluding tert-OH is 1. The maximum Gasteiger partial charge on any atom is 0.253 e. The Hall–Kier alpha value is -1.86. The summed E-state index contributed by atoms with van der Waals surface area (Å²) < 4.78 is 0. The number of hydrogen-bond acceptors (Lipinski definition) is 3. The number of nitrogens with zero attached hydrogens (tertiary/aromatic N) is 2. The fourth-order valence-electron chi connectivity index (χ4n) is 1.38. The zero-order chi connectivity index (χ0) is 12.0. The summed E-state index contributed by atoms with van der Waals surface area (Å²) in [4.78, 5) is 13.3. The standard InChI is InChI=1S/C12H14N2O2/c1-14(7-8-15)12(16)11-4-2-3-10(9-11)5-6-13/h2-4,9,15H,5,7-8H2,1H3. The van der Waals surface area contributed by atoms with Crippen molar-refractivity contribution in [2.24, 2.45) is 0 Å². The van der Waals surface area contributed by atoms with Gasteiger partial charge in [-0.05, 0) is 17.7 Å². The first kappa shape index (κ1) is 12.2. The molecule has 1 aromatic carbocycles. The molecule has 1 N–H and O–H groups in total. The Bertz CT molecular complexity index is 410. The van der Waals surface area contributed by atoms with Crippen molar-refractivity contribution in [3.8, 4) is 6.07 Å². The molecular weight excluding hydrogens is 204 g/mol. The summed E-state index contributed by atoms with van der Waals surface area (Å²) in [6.45, 7) is 0.251. The van der Waals surface area contributed by atoms with E-state index < -0.39 is 0 Å². The number of carbonyl (C=O) groups excluding carboxylic acids is 1. The van der Waals surface area contributed by atoms with E-state index in [1.54, 1.807) is 25.2 Å². The van der Waals surface area contributed by atoms with Crippen LogP contribution in [0.2, 0.25) is 0 Å². The summed E-state index contributed by atoms with van der Waals surface area (Å²) in [6, 6.07) is 9.02. The summed E-state index contributed by atoms with van der Waals surface area (Å²) in [5.41, 5.74) is 1.37. The Morgan fingerprint density at radius 1 is 1.56 bits per heavy atom. The van der Waals surface area contributed by atoms with Crippen molar-refractivity contribution >= 4 is 5.91 Å². The van der Waals surface area contributed by atoms with Crippen molar-refractivity contribution in [3.63, 3.8) is 0 Å². The molecule has 0 saturated heterocycles. The summed E-state index contributed by atoms with van der Waals surface area (Å²) in [5, 5.41) is 17.3. The third-order valence-corrected chi connectivity index (χ3v) is 2.24. The van der Waals surface area contributed by atoms with Gasteiger partial charge in [0.2, 0.25) is 0 Å². The van der Waals surface area contributed by atoms with Gasteiger partial charge in [-0.3, -0.25) is 4.79 Å². The molecule has 16 heavy (non-hydrogen) atoms. The largest absolute Gasteiger partial charge is 0.395 e. The second-order valence-corrected chi connectivity index (χ2v) is 3.49. The minimum atomic E-state index is -0.145. The van der Waals surface area contributed by atoms with Crippen molar-refractivity contribution in [1.29, 1.82) is 5.26 Å². The van der Waals surface area contributed by atoms with E-state index in [1.165, 1.54) is 4.90 Å². The third kappa shape index (κ3) is 3.07. The van der Waals surface area contributed by atoms with Crippen LogP contribution in [0.5, 0.6) is 0 Å². The van der Waals surface area contributed by atoms with Gasteiger partial charge in [0.1, 0.15) is 0 Å². The lowest BCUT2D eigenvalue weighted by Crippen LogP contribution is -2.29. The highest BCUT2D eigenvalue weighted by Gasteiger charge is 2.10. The predicted octanol–water partition coefficient (Wildman–Crippen LogP) is 0.817. The molecule has 0 saturated carbocycles. The van der Waals surface area contributed by atoms with Crippen LogP contribution in [0.1, 0.15) is 15.9 Å². The smallest absolute Gasteiger partial charge is 0.253 e. The minimum Gasteiger partial charge on any atom is -0.395 e. The number of rotatable bonds is 4. The van der Waals surface area contributed by atoms with E-state index in [0.29, 0.717) is 18.5 Å². The molecule has 0 bridgehead atoms. The Kier molecular flexibility index (Phi) is 4.49. The molecule has 1 rings (SSSR count). The van der Waals surface area contributed by atoms with Crippen molar-refractivity contribution < 1.29 is 9.90 Å². The van der Waals surface area contributed by atoms with Crippen LogP contribution in [-0.2, 0) is 6.42 Å². The molecule has 0 aromatic heterocycles. The monoisotopic (exact) mass is 218 g/mol. The van der Waals surface area contributed by atoms with Crippen molar-refractivity contribution in [2.75, 3.05) is 20.2 Å². The highest BCUT2D eigenvalue weighted by Crippen LogP contribution is 2.08. The Morgan fingerprint density at radius 3 is 2.94 bits per heavy atom. The summed E-state index contributed by atoms with van der Waals surface area (Å²) in [7, 11) is 1.63. The van der Waals surface area contributed by atoms with Gasteiger partial charge in [0.15, 0.2) is 0 Å². The predicted molar refractivity (Wildman–Crippen MR) is 59.8 cm³/mol. The fraction of sp³-hybridized carbons (Fsp3) is 0.333. The Morgan fingerprint density at radius 2 is 2.31 bits per heavy atom. The first-order valence-corrected chi connectivity index (χ1v) is 5.01. The molecule has 0 aliphatic carbocycles. The molecule has 0 aliphatic rings. The highest BCUT2D eigenvalue weighted by molar-refractivity contribution is 5.94. The van der Waals surface area contributed by atoms with Gasteiger partial charge in [-0.25, -0.2) is 0 Å². The number of hydrogen-bond donors (Lipinski definition) is 1. The number of nitriles is 1. The van der Waals surface area contributed by atoms with Gasteiger partial charge in [-0.15, -0.1) is 0 Å². The molecule has 1 amide bonds. The van der Waals surface area contributed by atoms with Crippen LogP contribution in [0, 0.1) is 11.3 Å². The average Bonchev–Trinajstić information content (AvgIpc) is 2.29. The number of aliphatic hydroxyl groups is 1. The van der Waals surface area contributed by atoms with Crippen LogP contribution < -0.4 is 0 Å². The maximum atomic E-state index is 11.8. The van der Waals surface area contributed by atoms with Crippen molar-refractivity contribution in [1.82, 2.24) is 4.90 Å². The molecule has 4 heteroatoms. The van der Waals surface area contributed by atoms with Crippen molar-refractivity contribution in [3.05, 3.63) is 35.4 Å². The van der Waals surface area contributed by atoms with E-state index in [9.17, 15) is 4.79 Å². The molecule has 1 aromatic rings. The quantitative estimate of drug-likeness (QED) is 0.813. The van der Waals surface area contributed by atoms with E-state index in [4.69, 9.17) is 10.4 Å². The van der Waals surface area contributed by atoms with Gasteiger partial charge >= 0.3 is 0 Å². The van der Waals surface area contributed by atoms with Crippen LogP contribution in [0.15, 0.2) is 24.3 Å². The molecule has 0 spiro atoms. The molecule has 0 aliphatic heterocycles. The zero-order valence-corrected chi connectivity index (χ0v) is 9.18. The molecule has 0 atom stereocenters. The maximum absolute atomic E-state index is 11.8. The van der Waals surface area contributed by atoms with E-state index in [1.807, 2.05) is 12.1 Å². The summed E-state index contributed by atoms with van der Waals surface area (Å²) in [6.07, 6.45) is 0.296. The van der Waals surface area contributed by atoms with Gasteiger partial charge in [-0.2, -0.15) is 5.26 Å². The molecule has 0 heterocycles. The van der Waals surface area contributed by atoms with Gasteiger partial charge in [0.05, 0.1) is 19.1 Å². The lowest BCUT2D eigenvalue weighted by molar-refractivity contribution is 0.0767. The molecule has 0 fully saturated rings. The van der Waals surface area contributed by atoms with Gasteiger partial charge in [0.25, 0.3) is 5.91 Å². The number of likely N-dealkylation sites (N-methyl/N-ethyl adjacent to an activating group) is 1. The number of benzene rings is 1. The molecule has 0 radical (unpaired) electrons. The van der Waals surface area contributed by atoms with Crippen LogP contribution in [0.4, 0.5) is 0 Å². The third-order valence-electron chi connectivity index (χ3n) is 2.24. The van der Waals surface area contributed by atoms with Gasteiger partial charge in [-0.1, -0.05) is 12.1 Å². The van der Waals surface area contributed by atoms with Crippen LogP contribution in [0.3, 0.4) is 0 Å². The normalized spacial score (nSPS) is 9.56. The second kappa shape index (κ2) is 5.89. The molecule has 0 unspecified atom stereocenters. The average molecular weight is 218 g/mol. The van der Waals surface area contributed by atoms with E-state index >= 15 is 0 Å². The number of amides is 1. The SMILES string of the molecule is CN(CCO)C(=O)c1cccc(CC#N)c1. The van der Waals surface area contributed by atoms with E-state index in [-0.39, 0.29) is 12.5 Å². The Balaban J connectivity index is 2.83. The minimum absolute atomic E-state index is 0.0554. The Labute approximate surface area is 94.7 Å². The zero-order valence-electron chi connectivity index (χ0n) is 9.18. The van der Waals surface area contributed by atoms with Crippen LogP contribution >= 0.6 is 0 Å². The van der Waals surface area contributed by atoms with Crippen LogP contribution in [-0.4, -0.2) is 36.1 Å². The first-order chi connectivity index (χ1) is 7.69. The molecular formula is C12H14N2O2. The topological polar surface area (TPSA) is 64.3 Å².